The zero-order valence-corrected chi connectivity index (χ0v) is 19.7. The van der Waals surface area contributed by atoms with Gasteiger partial charge in [-0.15, -0.1) is 5.06 Å². The molecule has 1 fully saturated rings. The molecular formula is C17H22N2O8S4. The van der Waals surface area contributed by atoms with Gasteiger partial charge in [0, 0.05) is 24.8 Å². The van der Waals surface area contributed by atoms with Crippen LogP contribution in [0.2, 0.25) is 0 Å². The molecule has 0 atom stereocenters. The van der Waals surface area contributed by atoms with E-state index in [0.29, 0.717) is 17.2 Å². The summed E-state index contributed by atoms with van der Waals surface area (Å²) in [5.41, 5.74) is 0. The minimum absolute atomic E-state index is 0.0669. The van der Waals surface area contributed by atoms with Crippen molar-refractivity contribution in [2.75, 3.05) is 28.8 Å². The molecule has 10 nitrogen and oxygen atoms in total. The third-order valence-corrected chi connectivity index (χ3v) is 9.99. The van der Waals surface area contributed by atoms with E-state index in [1.807, 2.05) is 12.1 Å². The van der Waals surface area contributed by atoms with Gasteiger partial charge in [0.25, 0.3) is 11.8 Å². The molecule has 0 bridgehead atoms. The molecular weight excluding hydrogens is 488 g/mol. The molecule has 1 aromatic rings. The predicted molar refractivity (Wildman–Crippen MR) is 116 cm³/mol. The maximum atomic E-state index is 12.1. The van der Waals surface area contributed by atoms with Crippen LogP contribution in [0.25, 0.3) is 0 Å². The van der Waals surface area contributed by atoms with Crippen LogP contribution in [0.5, 0.6) is 0 Å². The van der Waals surface area contributed by atoms with Crippen molar-refractivity contribution in [3.8, 4) is 0 Å². The smallest absolute Gasteiger partial charge is 0.330 e. The summed E-state index contributed by atoms with van der Waals surface area (Å²) >= 11 is 0. The van der Waals surface area contributed by atoms with Crippen LogP contribution in [0.1, 0.15) is 25.7 Å². The molecule has 172 valence electrons. The van der Waals surface area contributed by atoms with E-state index in [4.69, 9.17) is 0 Å². The molecule has 14 heteroatoms. The SMILES string of the molecule is O=C(CCS(=O)(=O)CCS(=O)(=O)CCCSSc1ccccn1)ON1C(=O)CCC1=O. The van der Waals surface area contributed by atoms with E-state index in [1.165, 1.54) is 21.6 Å². The lowest BCUT2D eigenvalue weighted by atomic mass is 10.4. The third kappa shape index (κ3) is 9.58. The Hall–Kier alpha value is -1.64. The minimum atomic E-state index is -3.83. The lowest BCUT2D eigenvalue weighted by Gasteiger charge is -2.12. The first-order valence-corrected chi connectivity index (χ1v) is 15.2. The topological polar surface area (TPSA) is 145 Å². The third-order valence-electron chi connectivity index (χ3n) is 3.99. The zero-order chi connectivity index (χ0) is 22.9. The molecule has 2 amide bonds. The molecule has 0 spiro atoms. The summed E-state index contributed by atoms with van der Waals surface area (Å²) in [6.45, 7) is 0. The van der Waals surface area contributed by atoms with E-state index < -0.39 is 61.1 Å². The number of rotatable bonds is 13. The Kier molecular flexibility index (Phi) is 9.78. The number of carbonyl (C=O) groups excluding carboxylic acids is 3. The van der Waals surface area contributed by atoms with Crippen LogP contribution >= 0.6 is 21.6 Å². The predicted octanol–water partition coefficient (Wildman–Crippen LogP) is 1.04. The summed E-state index contributed by atoms with van der Waals surface area (Å²) in [6, 6.07) is 5.50. The second kappa shape index (κ2) is 11.8. The molecule has 0 aliphatic carbocycles. The second-order valence-electron chi connectivity index (χ2n) is 6.53. The lowest BCUT2D eigenvalue weighted by molar-refractivity contribution is -0.197. The van der Waals surface area contributed by atoms with Crippen molar-refractivity contribution < 1.29 is 36.1 Å². The van der Waals surface area contributed by atoms with Crippen LogP contribution < -0.4 is 0 Å². The first kappa shape index (κ1) is 25.6. The lowest BCUT2D eigenvalue weighted by Crippen LogP contribution is -2.33. The van der Waals surface area contributed by atoms with E-state index in [-0.39, 0.29) is 18.6 Å². The van der Waals surface area contributed by atoms with Crippen molar-refractivity contribution in [3.05, 3.63) is 24.4 Å². The van der Waals surface area contributed by atoms with Crippen LogP contribution in [0.4, 0.5) is 0 Å². The molecule has 0 unspecified atom stereocenters. The average molecular weight is 511 g/mol. The summed E-state index contributed by atoms with van der Waals surface area (Å²) in [5.74, 6) is -3.73. The second-order valence-corrected chi connectivity index (χ2v) is 13.6. The van der Waals surface area contributed by atoms with Gasteiger partial charge in [-0.05, 0) is 29.3 Å². The summed E-state index contributed by atoms with van der Waals surface area (Å²) < 4.78 is 48.3. The number of carbonyl (C=O) groups is 3. The van der Waals surface area contributed by atoms with Crippen molar-refractivity contribution in [2.45, 2.75) is 30.7 Å². The van der Waals surface area contributed by atoms with Gasteiger partial charge < -0.3 is 4.84 Å². The number of nitrogens with zero attached hydrogens (tertiary/aromatic N) is 2. The molecule has 1 saturated heterocycles. The number of hydroxylamine groups is 2. The molecule has 1 aromatic heterocycles. The van der Waals surface area contributed by atoms with Gasteiger partial charge in [0.15, 0.2) is 19.7 Å². The summed E-state index contributed by atoms with van der Waals surface area (Å²) in [4.78, 5) is 43.1. The Morgan fingerprint density at radius 1 is 1.00 bits per heavy atom. The summed E-state index contributed by atoms with van der Waals surface area (Å²) in [5, 5.41) is 1.15. The highest BCUT2D eigenvalue weighted by atomic mass is 33.1. The van der Waals surface area contributed by atoms with E-state index >= 15 is 0 Å². The quantitative estimate of drug-likeness (QED) is 0.213. The van der Waals surface area contributed by atoms with Gasteiger partial charge in [0.05, 0.1) is 29.4 Å². The van der Waals surface area contributed by atoms with E-state index in [1.54, 1.807) is 12.3 Å². The number of sulfone groups is 2. The Bertz CT molecular complexity index is 980. The van der Waals surface area contributed by atoms with E-state index in [9.17, 15) is 31.2 Å². The van der Waals surface area contributed by atoms with Crippen LogP contribution in [0.3, 0.4) is 0 Å². The van der Waals surface area contributed by atoms with Crippen LogP contribution in [-0.4, -0.2) is 73.4 Å². The maximum absolute atomic E-state index is 12.1. The van der Waals surface area contributed by atoms with Crippen LogP contribution in [0.15, 0.2) is 29.4 Å². The normalized spacial score (nSPS) is 14.8. The van der Waals surface area contributed by atoms with Gasteiger partial charge in [-0.2, -0.15) is 0 Å². The zero-order valence-electron chi connectivity index (χ0n) is 16.5. The minimum Gasteiger partial charge on any atom is -0.330 e. The standard InChI is InChI=1S/C17H22N2O8S4/c20-15-5-6-16(21)19(15)27-17(22)7-11-31(25,26)13-12-30(23,24)10-3-9-28-29-14-4-1-2-8-18-14/h1-2,4,8H,3,5-7,9-13H2. The largest absolute Gasteiger partial charge is 0.334 e. The van der Waals surface area contributed by atoms with Crippen molar-refractivity contribution in [1.29, 1.82) is 0 Å². The van der Waals surface area contributed by atoms with E-state index in [0.717, 1.165) is 5.03 Å². The molecule has 1 aliphatic rings. The van der Waals surface area contributed by atoms with Gasteiger partial charge in [-0.25, -0.2) is 26.6 Å². The maximum Gasteiger partial charge on any atom is 0.334 e. The monoisotopic (exact) mass is 510 g/mol. The number of aromatic nitrogens is 1. The molecule has 2 rings (SSSR count). The average Bonchev–Trinajstić information content (AvgIpc) is 3.04. The number of hydrogen-bond acceptors (Lipinski definition) is 11. The fraction of sp³-hybridized carbons (Fsp3) is 0.529. The first-order valence-electron chi connectivity index (χ1n) is 9.26. The molecule has 0 N–H and O–H groups in total. The van der Waals surface area contributed by atoms with Gasteiger partial charge in [0.1, 0.15) is 5.03 Å². The molecule has 0 radical (unpaired) electrons. The fourth-order valence-corrected chi connectivity index (χ4v) is 7.99. The Morgan fingerprint density at radius 2 is 1.65 bits per heavy atom. The Balaban J connectivity index is 1.65. The van der Waals surface area contributed by atoms with Gasteiger partial charge in [-0.1, -0.05) is 16.9 Å². The van der Waals surface area contributed by atoms with Gasteiger partial charge >= 0.3 is 5.97 Å². The summed E-state index contributed by atoms with van der Waals surface area (Å²) in [6.07, 6.45) is 1.32. The fourth-order valence-electron chi connectivity index (χ4n) is 2.34. The van der Waals surface area contributed by atoms with Crippen molar-refractivity contribution in [3.63, 3.8) is 0 Å². The highest BCUT2D eigenvalue weighted by molar-refractivity contribution is 8.76. The highest BCUT2D eigenvalue weighted by Crippen LogP contribution is 2.29. The first-order chi connectivity index (χ1) is 14.6. The van der Waals surface area contributed by atoms with Crippen LogP contribution in [0, 0.1) is 0 Å². The van der Waals surface area contributed by atoms with Crippen molar-refractivity contribution in [2.24, 2.45) is 0 Å². The molecule has 0 aromatic carbocycles. The number of pyridine rings is 1. The number of hydrogen-bond donors (Lipinski definition) is 0. The molecule has 1 aliphatic heterocycles. The molecule has 0 saturated carbocycles. The number of amides is 2. The Labute approximate surface area is 188 Å². The van der Waals surface area contributed by atoms with Crippen molar-refractivity contribution >= 4 is 59.0 Å². The molecule has 2 heterocycles. The molecule has 31 heavy (non-hydrogen) atoms. The van der Waals surface area contributed by atoms with Gasteiger partial charge in [-0.3, -0.25) is 9.59 Å². The number of imide groups is 1. The van der Waals surface area contributed by atoms with E-state index in [2.05, 4.69) is 9.82 Å². The van der Waals surface area contributed by atoms with Crippen molar-refractivity contribution in [1.82, 2.24) is 10.0 Å². The van der Waals surface area contributed by atoms with Crippen LogP contribution in [-0.2, 0) is 38.9 Å². The van der Waals surface area contributed by atoms with Gasteiger partial charge in [0.2, 0.25) is 0 Å². The summed E-state index contributed by atoms with van der Waals surface area (Å²) in [7, 11) is -4.49. The highest BCUT2D eigenvalue weighted by Gasteiger charge is 2.33. The Morgan fingerprint density at radius 3 is 2.26 bits per heavy atom.